The second-order valence-corrected chi connectivity index (χ2v) is 8.36. The minimum absolute atomic E-state index is 0.0768. The monoisotopic (exact) mass is 518 g/mol. The van der Waals surface area contributed by atoms with Gasteiger partial charge >= 0.3 is 0 Å². The largest absolute Gasteiger partial charge is 0.456 e. The molecule has 0 saturated carbocycles. The van der Waals surface area contributed by atoms with Crippen molar-refractivity contribution in [2.75, 3.05) is 0 Å². The molecule has 1 aromatic heterocycles. The molecule has 0 saturated heterocycles. The van der Waals surface area contributed by atoms with Crippen molar-refractivity contribution >= 4 is 44.1 Å². The van der Waals surface area contributed by atoms with Crippen LogP contribution in [-0.2, 0) is 0 Å². The molecule has 7 aromatic rings. The number of para-hydroxylation sites is 1. The third-order valence-electron chi connectivity index (χ3n) is 6.26. The molecule has 7 rings (SSSR count). The molecule has 1 heteroatoms. The van der Waals surface area contributed by atoms with E-state index in [1.54, 1.807) is 0 Å². The van der Waals surface area contributed by atoms with E-state index in [0.717, 1.165) is 0 Å². The standard InChI is InChI=1S/C38H26O/c1-3-34-37(33-22-11-12-23-35(33)39-34)25(2)36-29-18-7-9-20-31(29)38(32-21-10-8-19-30(32)36)28-17-13-16-27(24-28)26-14-5-4-6-15-26/h3-24H,1-2H2/i1D,2D,3D,4D,7D,8D,9D,10D,11D,12D,13D,16D,17D,18D,19D,20D,21D,22D,23D,24D. The highest BCUT2D eigenvalue weighted by molar-refractivity contribution is 6.21. The van der Waals surface area contributed by atoms with Gasteiger partial charge in [-0.3, -0.25) is 0 Å². The Balaban J connectivity index is 1.85. The lowest BCUT2D eigenvalue weighted by atomic mass is 9.83. The summed E-state index contributed by atoms with van der Waals surface area (Å²) >= 11 is 0. The van der Waals surface area contributed by atoms with E-state index >= 15 is 0 Å². The van der Waals surface area contributed by atoms with Gasteiger partial charge in [0.15, 0.2) is 0 Å². The first-order valence-electron chi connectivity index (χ1n) is 21.7. The maximum atomic E-state index is 9.48. The zero-order valence-electron chi connectivity index (χ0n) is 39.9. The van der Waals surface area contributed by atoms with Crippen molar-refractivity contribution in [3.8, 4) is 22.3 Å². The van der Waals surface area contributed by atoms with Gasteiger partial charge in [-0.25, -0.2) is 0 Å². The Bertz CT molecular complexity index is 3010. The molecule has 184 valence electrons. The highest BCUT2D eigenvalue weighted by Crippen LogP contribution is 2.45. The Morgan fingerprint density at radius 1 is 0.667 bits per heavy atom. The Kier molecular flexibility index (Phi) is 2.44. The zero-order valence-corrected chi connectivity index (χ0v) is 19.9. The van der Waals surface area contributed by atoms with Gasteiger partial charge in [-0.2, -0.15) is 0 Å². The summed E-state index contributed by atoms with van der Waals surface area (Å²) in [5, 5.41) is -2.56. The molecule has 0 aliphatic carbocycles. The van der Waals surface area contributed by atoms with E-state index in [4.69, 9.17) is 25.0 Å². The van der Waals surface area contributed by atoms with Crippen LogP contribution in [0.3, 0.4) is 0 Å². The van der Waals surface area contributed by atoms with Crippen LogP contribution in [0.2, 0.25) is 0 Å². The van der Waals surface area contributed by atoms with Gasteiger partial charge < -0.3 is 4.42 Å². The number of furan rings is 1. The van der Waals surface area contributed by atoms with Gasteiger partial charge in [0.25, 0.3) is 0 Å². The predicted molar refractivity (Wildman–Crippen MR) is 167 cm³/mol. The molecule has 1 nitrogen and oxygen atoms in total. The van der Waals surface area contributed by atoms with Crippen LogP contribution >= 0.6 is 0 Å². The smallest absolute Gasteiger partial charge is 0.135 e. The van der Waals surface area contributed by atoms with Crippen molar-refractivity contribution in [1.82, 2.24) is 0 Å². The van der Waals surface area contributed by atoms with Crippen molar-refractivity contribution in [2.24, 2.45) is 0 Å². The van der Waals surface area contributed by atoms with Crippen LogP contribution < -0.4 is 0 Å². The quantitative estimate of drug-likeness (QED) is 0.207. The van der Waals surface area contributed by atoms with Gasteiger partial charge in [0.2, 0.25) is 0 Å². The second-order valence-electron chi connectivity index (χ2n) is 8.36. The Hall–Kier alpha value is -5.14. The Morgan fingerprint density at radius 3 is 2.00 bits per heavy atom. The number of rotatable bonds is 5. The highest BCUT2D eigenvalue weighted by Gasteiger charge is 2.22. The van der Waals surface area contributed by atoms with E-state index in [-0.39, 0.29) is 17.2 Å². The fourth-order valence-corrected chi connectivity index (χ4v) is 4.61. The lowest BCUT2D eigenvalue weighted by molar-refractivity contribution is 0.603. The summed E-state index contributed by atoms with van der Waals surface area (Å²) in [7, 11) is 0. The number of hydrogen-bond acceptors (Lipinski definition) is 1. The van der Waals surface area contributed by atoms with Gasteiger partial charge in [0.1, 0.15) is 11.3 Å². The fraction of sp³-hybridized carbons (Fsp3) is 0. The molecule has 0 aliphatic heterocycles. The highest BCUT2D eigenvalue weighted by atomic mass is 16.3. The van der Waals surface area contributed by atoms with Crippen LogP contribution in [0.5, 0.6) is 0 Å². The van der Waals surface area contributed by atoms with E-state index in [1.807, 2.05) is 0 Å². The Labute approximate surface area is 256 Å². The molecular weight excluding hydrogens is 472 g/mol. The van der Waals surface area contributed by atoms with Crippen molar-refractivity contribution in [3.05, 3.63) is 157 Å². The van der Waals surface area contributed by atoms with Crippen LogP contribution in [0.15, 0.2) is 145 Å². The summed E-state index contributed by atoms with van der Waals surface area (Å²) in [6.45, 7) is 1.12. The third kappa shape index (κ3) is 3.71. The second kappa shape index (κ2) is 9.31. The zero-order chi connectivity index (χ0) is 43.4. The van der Waals surface area contributed by atoms with Crippen molar-refractivity contribution in [2.45, 2.75) is 0 Å². The molecule has 0 bridgehead atoms. The van der Waals surface area contributed by atoms with Crippen molar-refractivity contribution in [3.63, 3.8) is 0 Å². The first kappa shape index (κ1) is 10.2. The van der Waals surface area contributed by atoms with Gasteiger partial charge in [0, 0.05) is 10.9 Å². The molecule has 0 unspecified atom stereocenters. The van der Waals surface area contributed by atoms with E-state index in [0.29, 0.717) is 13.1 Å². The van der Waals surface area contributed by atoms with Crippen molar-refractivity contribution in [1.29, 1.82) is 0 Å². The molecular formula is C38H26O. The average Bonchev–Trinajstić information content (AvgIpc) is 3.62. The minimum Gasteiger partial charge on any atom is -0.456 e. The predicted octanol–water partition coefficient (Wildman–Crippen LogP) is 10.8. The summed E-state index contributed by atoms with van der Waals surface area (Å²) in [6, 6.07) is -7.53. The lowest BCUT2D eigenvalue weighted by Gasteiger charge is -2.19. The van der Waals surface area contributed by atoms with Gasteiger partial charge in [-0.05, 0) is 73.1 Å². The maximum absolute atomic E-state index is 9.48. The topological polar surface area (TPSA) is 13.1 Å². The molecule has 1 heterocycles. The summed E-state index contributed by atoms with van der Waals surface area (Å²) in [4.78, 5) is 0. The van der Waals surface area contributed by atoms with E-state index < -0.39 is 169 Å². The molecule has 39 heavy (non-hydrogen) atoms. The summed E-state index contributed by atoms with van der Waals surface area (Å²) in [5.41, 5.74) is -3.08. The number of benzene rings is 6. The van der Waals surface area contributed by atoms with Gasteiger partial charge in [-0.1, -0.05) is 128 Å². The minimum atomic E-state index is -0.860. The van der Waals surface area contributed by atoms with Crippen LogP contribution in [0.1, 0.15) is 44.3 Å². The van der Waals surface area contributed by atoms with Crippen LogP contribution in [-0.4, -0.2) is 0 Å². The summed E-state index contributed by atoms with van der Waals surface area (Å²) in [6.07, 6.45) is 0. The molecule has 0 amide bonds. The van der Waals surface area contributed by atoms with Crippen LogP contribution in [0.25, 0.3) is 66.4 Å². The SMILES string of the molecule is [2H]C=C([2H])c1oc2c([2H])c([2H])c([2H])c([2H])c2c1C(=C[2H])c1c2c([2H])c([2H])c([2H])c([2H])c2c(-c2c([2H])c([2H])c([2H])c(-c3ccc([2H])cc3)c2[2H])c2c([2H])c([2H])c([2H])c([2H])c12. The number of fused-ring (bicyclic) bond motifs is 3. The molecule has 0 spiro atoms. The van der Waals surface area contributed by atoms with Crippen LogP contribution in [0, 0.1) is 0 Å². The first-order valence-corrected chi connectivity index (χ1v) is 11.6. The normalized spacial score (nSPS) is 19.6. The first-order chi connectivity index (χ1) is 27.7. The molecule has 0 N–H and O–H groups in total. The van der Waals surface area contributed by atoms with Gasteiger partial charge in [0.05, 0.1) is 27.4 Å². The fourth-order valence-electron chi connectivity index (χ4n) is 4.61. The van der Waals surface area contributed by atoms with E-state index in [9.17, 15) is 6.85 Å². The Morgan fingerprint density at radius 2 is 1.31 bits per heavy atom. The van der Waals surface area contributed by atoms with Gasteiger partial charge in [-0.15, -0.1) is 0 Å². The summed E-state index contributed by atoms with van der Waals surface area (Å²) in [5.74, 6) is -0.581. The molecule has 0 fully saturated rings. The number of hydrogen-bond donors (Lipinski definition) is 0. The summed E-state index contributed by atoms with van der Waals surface area (Å²) < 4.78 is 181. The molecule has 0 atom stereocenters. The van der Waals surface area contributed by atoms with Crippen LogP contribution in [0.4, 0.5) is 0 Å². The molecule has 0 aliphatic rings. The average molecular weight is 519 g/mol. The van der Waals surface area contributed by atoms with Crippen molar-refractivity contribution < 1.29 is 31.8 Å². The third-order valence-corrected chi connectivity index (χ3v) is 6.26. The van der Waals surface area contributed by atoms with E-state index in [1.165, 1.54) is 24.3 Å². The molecule has 6 aromatic carbocycles. The molecule has 0 radical (unpaired) electrons. The lowest BCUT2D eigenvalue weighted by Crippen LogP contribution is -1.95. The maximum Gasteiger partial charge on any atom is 0.135 e. The van der Waals surface area contributed by atoms with E-state index in [2.05, 4.69) is 0 Å².